The lowest BCUT2D eigenvalue weighted by Crippen LogP contribution is -2.29. The quantitative estimate of drug-likeness (QED) is 0.695. The van der Waals surface area contributed by atoms with Crippen LogP contribution in [0, 0.1) is 0 Å². The molecule has 3 rings (SSSR count). The van der Waals surface area contributed by atoms with Crippen LogP contribution in [0.4, 0.5) is 0 Å². The van der Waals surface area contributed by atoms with E-state index in [1.54, 1.807) is 0 Å². The lowest BCUT2D eigenvalue weighted by atomic mass is 9.97. The lowest BCUT2D eigenvalue weighted by molar-refractivity contribution is 1.05. The van der Waals surface area contributed by atoms with Crippen LogP contribution in [-0.4, -0.2) is 4.98 Å². The smallest absolute Gasteiger partial charge is 0.0667 e. The highest BCUT2D eigenvalue weighted by Gasteiger charge is 2.06. The average Bonchev–Trinajstić information content (AvgIpc) is 2.39. The number of rotatable bonds is 1. The van der Waals surface area contributed by atoms with Crippen LogP contribution in [0.3, 0.4) is 0 Å². The lowest BCUT2D eigenvalue weighted by Gasteiger charge is -2.10. The van der Waals surface area contributed by atoms with E-state index in [1.165, 1.54) is 16.0 Å². The van der Waals surface area contributed by atoms with Gasteiger partial charge in [-0.2, -0.15) is 0 Å². The molecule has 0 bridgehead atoms. The highest BCUT2D eigenvalue weighted by atomic mass is 14.7. The zero-order valence-corrected chi connectivity index (χ0v) is 9.06. The third-order valence-corrected chi connectivity index (χ3v) is 3.02. The van der Waals surface area contributed by atoms with E-state index in [9.17, 15) is 0 Å². The average molecular weight is 207 g/mol. The normalized spacial score (nSPS) is 14.1. The van der Waals surface area contributed by atoms with Gasteiger partial charge in [0.2, 0.25) is 0 Å². The Balaban J connectivity index is 2.33. The molecule has 1 heteroatoms. The van der Waals surface area contributed by atoms with E-state index in [-0.39, 0.29) is 0 Å². The van der Waals surface area contributed by atoms with Gasteiger partial charge >= 0.3 is 0 Å². The molecule has 1 aliphatic rings. The van der Waals surface area contributed by atoms with Crippen molar-refractivity contribution in [1.29, 1.82) is 0 Å². The minimum absolute atomic E-state index is 1.09. The van der Waals surface area contributed by atoms with Gasteiger partial charge in [0.15, 0.2) is 0 Å². The number of pyridine rings is 1. The third kappa shape index (κ3) is 1.54. The van der Waals surface area contributed by atoms with Crippen LogP contribution in [0.25, 0.3) is 11.6 Å². The van der Waals surface area contributed by atoms with E-state index >= 15 is 0 Å². The molecule has 1 nitrogen and oxygen atoms in total. The highest BCUT2D eigenvalue weighted by molar-refractivity contribution is 5.65. The molecule has 78 valence electrons. The number of benzene rings is 1. The Bertz CT molecular complexity index is 611. The standard InChI is InChI=1S/C15H13N/c1-2-8-13-12(6-1)7-5-9-14(13)15-10-3-4-11-16-15/h1-4,6-8,10-11H,5,9H2. The van der Waals surface area contributed by atoms with Gasteiger partial charge < -0.3 is 0 Å². The molecule has 0 N–H and O–H groups in total. The molecule has 2 aromatic rings. The van der Waals surface area contributed by atoms with Crippen molar-refractivity contribution in [2.75, 3.05) is 0 Å². The molecular weight excluding hydrogens is 194 g/mol. The first-order valence-corrected chi connectivity index (χ1v) is 5.65. The summed E-state index contributed by atoms with van der Waals surface area (Å²) < 4.78 is 0. The van der Waals surface area contributed by atoms with E-state index in [1.807, 2.05) is 12.3 Å². The van der Waals surface area contributed by atoms with Crippen LogP contribution in [-0.2, 0) is 0 Å². The summed E-state index contributed by atoms with van der Waals surface area (Å²) in [6, 6.07) is 14.7. The van der Waals surface area contributed by atoms with Crippen molar-refractivity contribution in [3.8, 4) is 0 Å². The molecule has 0 saturated carbocycles. The Hall–Kier alpha value is -1.89. The molecule has 0 saturated heterocycles. The summed E-state index contributed by atoms with van der Waals surface area (Å²) in [6.07, 6.45) is 6.38. The number of nitrogens with zero attached hydrogens (tertiary/aromatic N) is 1. The van der Waals surface area contributed by atoms with Gasteiger partial charge in [-0.1, -0.05) is 36.4 Å². The Morgan fingerprint density at radius 1 is 0.938 bits per heavy atom. The van der Waals surface area contributed by atoms with Gasteiger partial charge in [0.05, 0.1) is 5.69 Å². The second-order valence-electron chi connectivity index (χ2n) is 4.02. The van der Waals surface area contributed by atoms with Crippen molar-refractivity contribution in [3.05, 3.63) is 64.8 Å². The van der Waals surface area contributed by atoms with Crippen molar-refractivity contribution in [2.24, 2.45) is 0 Å². The summed E-state index contributed by atoms with van der Waals surface area (Å²) in [5, 5.41) is 2.68. The van der Waals surface area contributed by atoms with Crippen LogP contribution in [0.1, 0.15) is 18.5 Å². The molecule has 0 fully saturated rings. The molecule has 1 aromatic heterocycles. The number of hydrogen-bond donors (Lipinski definition) is 0. The molecule has 0 radical (unpaired) electrons. The predicted octanol–water partition coefficient (Wildman–Crippen LogP) is 1.85. The van der Waals surface area contributed by atoms with Crippen molar-refractivity contribution in [3.63, 3.8) is 0 Å². The minimum atomic E-state index is 1.09. The van der Waals surface area contributed by atoms with Gasteiger partial charge in [0.1, 0.15) is 0 Å². The zero-order valence-electron chi connectivity index (χ0n) is 9.06. The van der Waals surface area contributed by atoms with Gasteiger partial charge in [-0.05, 0) is 41.0 Å². The summed E-state index contributed by atoms with van der Waals surface area (Å²) in [4.78, 5) is 4.45. The summed E-state index contributed by atoms with van der Waals surface area (Å²) in [5.74, 6) is 0. The van der Waals surface area contributed by atoms with Crippen LogP contribution in [0.5, 0.6) is 0 Å². The maximum Gasteiger partial charge on any atom is 0.0667 e. The molecule has 0 aliphatic heterocycles. The first-order valence-electron chi connectivity index (χ1n) is 5.65. The number of aromatic nitrogens is 1. The Morgan fingerprint density at radius 2 is 1.81 bits per heavy atom. The topological polar surface area (TPSA) is 12.9 Å². The van der Waals surface area contributed by atoms with Crippen LogP contribution in [0.2, 0.25) is 0 Å². The van der Waals surface area contributed by atoms with Crippen molar-refractivity contribution in [2.45, 2.75) is 12.8 Å². The van der Waals surface area contributed by atoms with E-state index < -0.39 is 0 Å². The van der Waals surface area contributed by atoms with Gasteiger partial charge in [-0.15, -0.1) is 0 Å². The fourth-order valence-corrected chi connectivity index (χ4v) is 2.26. The van der Waals surface area contributed by atoms with Gasteiger partial charge in [0.25, 0.3) is 0 Å². The molecule has 1 aromatic carbocycles. The Labute approximate surface area is 94.8 Å². The second kappa shape index (κ2) is 3.93. The van der Waals surface area contributed by atoms with Crippen molar-refractivity contribution >= 4 is 11.6 Å². The molecule has 1 aliphatic carbocycles. The SMILES string of the molecule is C1=c2ccccc2=C(c2ccccn2)CC1. The zero-order chi connectivity index (χ0) is 10.8. The van der Waals surface area contributed by atoms with Crippen LogP contribution < -0.4 is 10.4 Å². The van der Waals surface area contributed by atoms with Crippen LogP contribution >= 0.6 is 0 Å². The first kappa shape index (κ1) is 9.34. The molecule has 1 heterocycles. The Morgan fingerprint density at radius 3 is 2.69 bits per heavy atom. The van der Waals surface area contributed by atoms with Gasteiger partial charge in [0, 0.05) is 6.20 Å². The summed E-state index contributed by atoms with van der Waals surface area (Å²) in [7, 11) is 0. The fraction of sp³-hybridized carbons (Fsp3) is 0.133. The first-order chi connectivity index (χ1) is 7.95. The van der Waals surface area contributed by atoms with E-state index in [0.717, 1.165) is 18.5 Å². The van der Waals surface area contributed by atoms with Gasteiger partial charge in [-0.25, -0.2) is 0 Å². The second-order valence-corrected chi connectivity index (χ2v) is 4.02. The molecule has 0 spiro atoms. The fourth-order valence-electron chi connectivity index (χ4n) is 2.26. The monoisotopic (exact) mass is 207 g/mol. The number of fused-ring (bicyclic) bond motifs is 1. The molecule has 16 heavy (non-hydrogen) atoms. The van der Waals surface area contributed by atoms with E-state index in [4.69, 9.17) is 0 Å². The maximum absolute atomic E-state index is 4.45. The highest BCUT2D eigenvalue weighted by Crippen LogP contribution is 2.15. The molecule has 0 unspecified atom stereocenters. The maximum atomic E-state index is 4.45. The summed E-state index contributed by atoms with van der Waals surface area (Å²) in [5.41, 5.74) is 2.49. The minimum Gasteiger partial charge on any atom is -0.257 e. The van der Waals surface area contributed by atoms with Crippen molar-refractivity contribution in [1.82, 2.24) is 4.98 Å². The number of hydrogen-bond acceptors (Lipinski definition) is 1. The third-order valence-electron chi connectivity index (χ3n) is 3.02. The predicted molar refractivity (Wildman–Crippen MR) is 66.1 cm³/mol. The van der Waals surface area contributed by atoms with Crippen LogP contribution in [0.15, 0.2) is 48.7 Å². The van der Waals surface area contributed by atoms with E-state index in [0.29, 0.717) is 0 Å². The molecular formula is C15H13N. The van der Waals surface area contributed by atoms with E-state index in [2.05, 4.69) is 47.5 Å². The summed E-state index contributed by atoms with van der Waals surface area (Å²) in [6.45, 7) is 0. The largest absolute Gasteiger partial charge is 0.257 e. The Kier molecular flexibility index (Phi) is 2.30. The molecule has 0 atom stereocenters. The summed E-state index contributed by atoms with van der Waals surface area (Å²) >= 11 is 0. The van der Waals surface area contributed by atoms with Crippen molar-refractivity contribution < 1.29 is 0 Å². The molecule has 0 amide bonds. The van der Waals surface area contributed by atoms with Gasteiger partial charge in [-0.3, -0.25) is 4.98 Å².